The number of hydrogen-bond acceptors (Lipinski definition) is 11. The average Bonchev–Trinajstić information content (AvgIpc) is 2.92. The van der Waals surface area contributed by atoms with Crippen LogP contribution in [0.25, 0.3) is 0 Å². The zero-order valence-corrected chi connectivity index (χ0v) is 23.8. The summed E-state index contributed by atoms with van der Waals surface area (Å²) in [7, 11) is -4.38. The smallest absolute Gasteiger partial charge is 0.326 e. The molecule has 0 aliphatic heterocycles. The summed E-state index contributed by atoms with van der Waals surface area (Å²) in [5, 5.41) is 19.8. The van der Waals surface area contributed by atoms with E-state index >= 15 is 0 Å². The second-order valence-electron chi connectivity index (χ2n) is 9.30. The van der Waals surface area contributed by atoms with Gasteiger partial charge in [-0.2, -0.15) is 8.42 Å². The van der Waals surface area contributed by atoms with Crippen LogP contribution in [0.5, 0.6) is 0 Å². The number of carboxylic acid groups (broad SMARTS) is 1. The van der Waals surface area contributed by atoms with Gasteiger partial charge < -0.3 is 37.8 Å². The van der Waals surface area contributed by atoms with Gasteiger partial charge in [-0.15, -0.1) is 0 Å². The molecule has 0 fully saturated rings. The van der Waals surface area contributed by atoms with Gasteiger partial charge in [0.05, 0.1) is 5.75 Å². The zero-order valence-electron chi connectivity index (χ0n) is 23.0. The van der Waals surface area contributed by atoms with Crippen LogP contribution in [0, 0.1) is 0 Å². The van der Waals surface area contributed by atoms with E-state index in [1.54, 1.807) is 24.3 Å². The van der Waals surface area contributed by atoms with Crippen molar-refractivity contribution in [1.29, 1.82) is 0 Å². The molecule has 0 spiro atoms. The van der Waals surface area contributed by atoms with Crippen LogP contribution in [0.2, 0.25) is 0 Å². The van der Waals surface area contributed by atoms with Crippen molar-refractivity contribution in [2.24, 2.45) is 17.3 Å². The molecule has 42 heavy (non-hydrogen) atoms. The molecule has 0 bridgehead atoms. The van der Waals surface area contributed by atoms with Crippen molar-refractivity contribution in [2.45, 2.75) is 56.7 Å². The molecule has 4 amide bonds. The molecule has 1 unspecified atom stereocenters. The molecule has 0 radical (unpaired) electrons. The molecular formula is C24H40N8O9S. The number of carboxylic acids is 1. The van der Waals surface area contributed by atoms with E-state index in [4.69, 9.17) is 21.9 Å². The van der Waals surface area contributed by atoms with Gasteiger partial charge in [-0.25, -0.2) is 10.2 Å². The number of hydrazine groups is 1. The minimum Gasteiger partial charge on any atom is -0.480 e. The highest BCUT2D eigenvalue weighted by Gasteiger charge is 2.27. The molecule has 3 atom stereocenters. The zero-order chi connectivity index (χ0) is 31.7. The molecular weight excluding hydrogens is 576 g/mol. The Balaban J connectivity index is 2.48. The molecule has 1 aromatic carbocycles. The maximum absolute atomic E-state index is 12.4. The van der Waals surface area contributed by atoms with Crippen LogP contribution in [0.15, 0.2) is 24.3 Å². The van der Waals surface area contributed by atoms with Gasteiger partial charge in [0.1, 0.15) is 18.1 Å². The van der Waals surface area contributed by atoms with Crippen LogP contribution in [-0.2, 0) is 29.3 Å². The van der Waals surface area contributed by atoms with Crippen molar-refractivity contribution >= 4 is 45.4 Å². The standard InChI is InChI=1S/C24H40N8O9S/c25-11-13-28-16-6-4-15(5-7-16)22(35)29-12-2-1-3-17(21(26)34)30-20(33)9-8-19(24(37)38)31-23(36)18(32-27)10-14-42(39,40)41/h4-7,17-19,28,32H,1-3,8-14,25,27H2,(H2,26,34)(H,29,35)(H,30,33)(H,31,36)(H,37,38)(H,39,40,41)/t17?,18-,19-/m0/s1. The minimum atomic E-state index is -4.38. The number of aliphatic carboxylic acids is 1. The van der Waals surface area contributed by atoms with Gasteiger partial charge in [0.25, 0.3) is 16.0 Å². The monoisotopic (exact) mass is 616 g/mol. The van der Waals surface area contributed by atoms with Crippen molar-refractivity contribution in [3.63, 3.8) is 0 Å². The van der Waals surface area contributed by atoms with E-state index in [0.717, 1.165) is 5.69 Å². The number of anilines is 1. The third-order valence-electron chi connectivity index (χ3n) is 5.96. The van der Waals surface area contributed by atoms with Crippen LogP contribution in [0.1, 0.15) is 48.9 Å². The predicted molar refractivity (Wildman–Crippen MR) is 152 cm³/mol. The molecule has 13 N–H and O–H groups in total. The molecule has 0 saturated heterocycles. The Morgan fingerprint density at radius 3 is 2.10 bits per heavy atom. The Morgan fingerprint density at radius 1 is 0.881 bits per heavy atom. The lowest BCUT2D eigenvalue weighted by molar-refractivity contribution is -0.142. The summed E-state index contributed by atoms with van der Waals surface area (Å²) in [4.78, 5) is 60.3. The maximum Gasteiger partial charge on any atom is 0.326 e. The number of nitrogens with two attached hydrogens (primary N) is 3. The van der Waals surface area contributed by atoms with Gasteiger partial charge in [-0.1, -0.05) is 0 Å². The van der Waals surface area contributed by atoms with Crippen LogP contribution in [0.4, 0.5) is 5.69 Å². The van der Waals surface area contributed by atoms with E-state index in [-0.39, 0.29) is 25.2 Å². The van der Waals surface area contributed by atoms with Gasteiger partial charge in [0.2, 0.25) is 17.7 Å². The van der Waals surface area contributed by atoms with Gasteiger partial charge in [0, 0.05) is 37.3 Å². The van der Waals surface area contributed by atoms with Gasteiger partial charge >= 0.3 is 5.97 Å². The first-order valence-electron chi connectivity index (χ1n) is 13.1. The third kappa shape index (κ3) is 14.7. The highest BCUT2D eigenvalue weighted by Crippen LogP contribution is 2.09. The third-order valence-corrected chi connectivity index (χ3v) is 6.71. The molecule has 0 aliphatic rings. The van der Waals surface area contributed by atoms with Crippen LogP contribution >= 0.6 is 0 Å². The number of benzene rings is 1. The number of hydrogen-bond donors (Lipinski definition) is 10. The molecule has 1 rings (SSSR count). The first kappa shape index (κ1) is 36.2. The van der Waals surface area contributed by atoms with E-state index < -0.39 is 64.1 Å². The number of nitrogens with one attached hydrogen (secondary N) is 5. The van der Waals surface area contributed by atoms with Crippen molar-refractivity contribution in [1.82, 2.24) is 21.4 Å². The van der Waals surface area contributed by atoms with Gasteiger partial charge in [-0.3, -0.25) is 29.6 Å². The van der Waals surface area contributed by atoms with Gasteiger partial charge in [0.15, 0.2) is 0 Å². The Bertz CT molecular complexity index is 1160. The number of primary amides is 1. The molecule has 0 aromatic heterocycles. The van der Waals surface area contributed by atoms with Crippen LogP contribution < -0.4 is 44.0 Å². The highest BCUT2D eigenvalue weighted by molar-refractivity contribution is 7.85. The maximum atomic E-state index is 12.4. The van der Waals surface area contributed by atoms with Crippen molar-refractivity contribution in [2.75, 3.05) is 30.7 Å². The Hall–Kier alpha value is -3.84. The number of amides is 4. The Labute approximate surface area is 243 Å². The summed E-state index contributed by atoms with van der Waals surface area (Å²) in [5.74, 6) is 0.250. The fourth-order valence-electron chi connectivity index (χ4n) is 3.65. The summed E-state index contributed by atoms with van der Waals surface area (Å²) >= 11 is 0. The van der Waals surface area contributed by atoms with Crippen LogP contribution in [0.3, 0.4) is 0 Å². The average molecular weight is 617 g/mol. The molecule has 0 aliphatic carbocycles. The van der Waals surface area contributed by atoms with Gasteiger partial charge in [-0.05, 0) is 56.4 Å². The summed E-state index contributed by atoms with van der Waals surface area (Å²) in [6.45, 7) is 1.40. The molecule has 1 aromatic rings. The number of carbonyl (C=O) groups excluding carboxylic acids is 4. The van der Waals surface area contributed by atoms with Crippen molar-refractivity contribution < 1.29 is 42.0 Å². The van der Waals surface area contributed by atoms with E-state index in [1.165, 1.54) is 0 Å². The number of unbranched alkanes of at least 4 members (excludes halogenated alkanes) is 1. The fourth-order valence-corrected chi connectivity index (χ4v) is 4.18. The van der Waals surface area contributed by atoms with Crippen molar-refractivity contribution in [3.05, 3.63) is 29.8 Å². The van der Waals surface area contributed by atoms with E-state index in [9.17, 15) is 37.5 Å². The fraction of sp³-hybridized carbons (Fsp3) is 0.542. The van der Waals surface area contributed by atoms with Crippen LogP contribution in [-0.4, -0.2) is 91.2 Å². The van der Waals surface area contributed by atoms with Crippen molar-refractivity contribution in [3.8, 4) is 0 Å². The summed E-state index contributed by atoms with van der Waals surface area (Å²) in [6.07, 6.45) is -0.0788. The summed E-state index contributed by atoms with van der Waals surface area (Å²) in [5.41, 5.74) is 14.2. The first-order valence-corrected chi connectivity index (χ1v) is 14.7. The SMILES string of the molecule is NCCNc1ccc(C(=O)NCCCCC(NC(=O)CC[C@H](NC(=O)[C@H](CCS(=O)(=O)O)NN)C(=O)O)C(N)=O)cc1. The minimum absolute atomic E-state index is 0.176. The molecule has 0 heterocycles. The molecule has 236 valence electrons. The molecule has 0 saturated carbocycles. The second kappa shape index (κ2) is 18.6. The molecule has 18 heteroatoms. The second-order valence-corrected chi connectivity index (χ2v) is 10.9. The summed E-state index contributed by atoms with van der Waals surface area (Å²) in [6, 6.07) is 2.98. The summed E-state index contributed by atoms with van der Waals surface area (Å²) < 4.78 is 30.6. The van der Waals surface area contributed by atoms with E-state index in [2.05, 4.69) is 21.3 Å². The quantitative estimate of drug-likeness (QED) is 0.0293. The Morgan fingerprint density at radius 2 is 1.55 bits per heavy atom. The largest absolute Gasteiger partial charge is 0.480 e. The first-order chi connectivity index (χ1) is 19.8. The Kier molecular flexibility index (Phi) is 16.0. The number of carbonyl (C=O) groups is 5. The lowest BCUT2D eigenvalue weighted by Gasteiger charge is -2.20. The molecule has 17 nitrogen and oxygen atoms in total. The predicted octanol–water partition coefficient (Wildman–Crippen LogP) is -2.61. The lowest BCUT2D eigenvalue weighted by Crippen LogP contribution is -2.53. The topological polar surface area (TPSA) is 298 Å². The number of rotatable bonds is 21. The van der Waals surface area contributed by atoms with E-state index in [0.29, 0.717) is 38.0 Å². The highest BCUT2D eigenvalue weighted by atomic mass is 32.2. The normalized spacial score (nSPS) is 13.3. The lowest BCUT2D eigenvalue weighted by atomic mass is 10.1. The van der Waals surface area contributed by atoms with E-state index in [1.807, 2.05) is 5.43 Å².